The number of morpholine rings is 1. The summed E-state index contributed by atoms with van der Waals surface area (Å²) in [5.41, 5.74) is 1.73. The largest absolute Gasteiger partial charge is 0.378 e. The SMILES string of the molecule is O=C(c1cc(-c2ccccc2F)nn1-c1cccc(Cl)c1)N1CCOCC1. The molecule has 1 aliphatic rings. The van der Waals surface area contributed by atoms with Gasteiger partial charge >= 0.3 is 0 Å². The van der Waals surface area contributed by atoms with Crippen LogP contribution in [0.15, 0.2) is 54.6 Å². The molecule has 4 rings (SSSR count). The summed E-state index contributed by atoms with van der Waals surface area (Å²) in [7, 11) is 0. The monoisotopic (exact) mass is 385 g/mol. The van der Waals surface area contributed by atoms with Crippen LogP contribution >= 0.6 is 11.6 Å². The molecule has 0 N–H and O–H groups in total. The van der Waals surface area contributed by atoms with Crippen LogP contribution in [0.5, 0.6) is 0 Å². The van der Waals surface area contributed by atoms with Crippen molar-refractivity contribution in [1.29, 1.82) is 0 Å². The van der Waals surface area contributed by atoms with Gasteiger partial charge in [0.1, 0.15) is 11.5 Å². The van der Waals surface area contributed by atoms with Gasteiger partial charge < -0.3 is 9.64 Å². The maximum absolute atomic E-state index is 14.3. The highest BCUT2D eigenvalue weighted by atomic mass is 35.5. The molecular formula is C20H17ClFN3O2. The Kier molecular flexibility index (Phi) is 4.92. The van der Waals surface area contributed by atoms with Crippen LogP contribution in [0.25, 0.3) is 16.9 Å². The van der Waals surface area contributed by atoms with Gasteiger partial charge in [-0.15, -0.1) is 0 Å². The smallest absolute Gasteiger partial charge is 0.272 e. The van der Waals surface area contributed by atoms with E-state index < -0.39 is 5.82 Å². The Balaban J connectivity index is 1.82. The fourth-order valence-electron chi connectivity index (χ4n) is 3.07. The summed E-state index contributed by atoms with van der Waals surface area (Å²) in [4.78, 5) is 14.8. The molecule has 0 bridgehead atoms. The lowest BCUT2D eigenvalue weighted by Gasteiger charge is -2.26. The first-order chi connectivity index (χ1) is 13.1. The van der Waals surface area contributed by atoms with Crippen LogP contribution in [0.3, 0.4) is 0 Å². The van der Waals surface area contributed by atoms with Gasteiger partial charge in [-0.05, 0) is 36.4 Å². The first-order valence-corrected chi connectivity index (χ1v) is 8.99. The number of halogens is 2. The zero-order valence-electron chi connectivity index (χ0n) is 14.4. The number of aromatic nitrogens is 2. The topological polar surface area (TPSA) is 47.4 Å². The molecule has 1 aliphatic heterocycles. The van der Waals surface area contributed by atoms with Gasteiger partial charge in [-0.25, -0.2) is 9.07 Å². The molecule has 0 unspecified atom stereocenters. The summed E-state index contributed by atoms with van der Waals surface area (Å²) in [6.45, 7) is 2.01. The molecule has 27 heavy (non-hydrogen) atoms. The molecule has 5 nitrogen and oxygen atoms in total. The Labute approximate surface area is 160 Å². The van der Waals surface area contributed by atoms with E-state index in [4.69, 9.17) is 16.3 Å². The Hall–Kier alpha value is -2.70. The molecule has 138 valence electrons. The van der Waals surface area contributed by atoms with E-state index in [1.54, 1.807) is 53.4 Å². The molecule has 0 saturated carbocycles. The molecule has 0 radical (unpaired) electrons. The molecule has 0 aliphatic carbocycles. The van der Waals surface area contributed by atoms with Gasteiger partial charge in [0.2, 0.25) is 0 Å². The molecule has 1 fully saturated rings. The van der Waals surface area contributed by atoms with E-state index in [0.717, 1.165) is 0 Å². The van der Waals surface area contributed by atoms with Crippen molar-refractivity contribution in [2.75, 3.05) is 26.3 Å². The lowest BCUT2D eigenvalue weighted by atomic mass is 10.1. The number of hydrogen-bond donors (Lipinski definition) is 0. The number of nitrogens with zero attached hydrogens (tertiary/aromatic N) is 3. The predicted octanol–water partition coefficient (Wildman–Crippen LogP) is 3.80. The third-order valence-corrected chi connectivity index (χ3v) is 4.66. The molecule has 1 amide bonds. The van der Waals surface area contributed by atoms with Crippen molar-refractivity contribution in [2.45, 2.75) is 0 Å². The average molecular weight is 386 g/mol. The van der Waals surface area contributed by atoms with E-state index in [9.17, 15) is 9.18 Å². The summed E-state index contributed by atoms with van der Waals surface area (Å²) in [5, 5.41) is 5.04. The zero-order chi connectivity index (χ0) is 18.8. The third kappa shape index (κ3) is 3.59. The third-order valence-electron chi connectivity index (χ3n) is 4.43. The fourth-order valence-corrected chi connectivity index (χ4v) is 3.25. The maximum atomic E-state index is 14.3. The second-order valence-electron chi connectivity index (χ2n) is 6.19. The van der Waals surface area contributed by atoms with E-state index in [1.165, 1.54) is 10.7 Å². The van der Waals surface area contributed by atoms with Crippen LogP contribution in [0.1, 0.15) is 10.5 Å². The van der Waals surface area contributed by atoms with Gasteiger partial charge in [-0.1, -0.05) is 29.8 Å². The standard InChI is InChI=1S/C20H17ClFN3O2/c21-14-4-3-5-15(12-14)25-19(20(26)24-8-10-27-11-9-24)13-18(23-25)16-6-1-2-7-17(16)22/h1-7,12-13H,8-11H2. The number of carbonyl (C=O) groups is 1. The Morgan fingerprint density at radius 2 is 1.85 bits per heavy atom. The quantitative estimate of drug-likeness (QED) is 0.689. The maximum Gasteiger partial charge on any atom is 0.272 e. The van der Waals surface area contributed by atoms with Crippen LogP contribution in [-0.4, -0.2) is 46.9 Å². The summed E-state index contributed by atoms with van der Waals surface area (Å²) >= 11 is 6.11. The summed E-state index contributed by atoms with van der Waals surface area (Å²) in [6, 6.07) is 15.0. The molecule has 0 spiro atoms. The molecule has 1 saturated heterocycles. The lowest BCUT2D eigenvalue weighted by molar-refractivity contribution is 0.0297. The van der Waals surface area contributed by atoms with Crippen molar-refractivity contribution in [3.05, 3.63) is 71.1 Å². The van der Waals surface area contributed by atoms with Crippen molar-refractivity contribution in [2.24, 2.45) is 0 Å². The Bertz CT molecular complexity index is 983. The number of benzene rings is 2. The lowest BCUT2D eigenvalue weighted by Crippen LogP contribution is -2.41. The number of amides is 1. The van der Waals surface area contributed by atoms with Gasteiger partial charge in [0.25, 0.3) is 5.91 Å². The van der Waals surface area contributed by atoms with Crippen molar-refractivity contribution in [3.63, 3.8) is 0 Å². The molecule has 2 heterocycles. The van der Waals surface area contributed by atoms with Gasteiger partial charge in [0.05, 0.1) is 24.6 Å². The molecule has 2 aromatic carbocycles. The van der Waals surface area contributed by atoms with Crippen molar-refractivity contribution in [3.8, 4) is 16.9 Å². The van der Waals surface area contributed by atoms with Crippen LogP contribution in [0, 0.1) is 5.82 Å². The summed E-state index contributed by atoms with van der Waals surface area (Å²) in [5.74, 6) is -0.563. The van der Waals surface area contributed by atoms with Gasteiger partial charge in [0, 0.05) is 23.7 Å². The van der Waals surface area contributed by atoms with Crippen molar-refractivity contribution >= 4 is 17.5 Å². The molecule has 1 aromatic heterocycles. The van der Waals surface area contributed by atoms with Crippen LogP contribution in [0.4, 0.5) is 4.39 Å². The Morgan fingerprint density at radius 1 is 1.07 bits per heavy atom. The number of carbonyl (C=O) groups excluding carboxylic acids is 1. The average Bonchev–Trinajstić information content (AvgIpc) is 3.13. The number of hydrogen-bond acceptors (Lipinski definition) is 3. The van der Waals surface area contributed by atoms with E-state index in [0.29, 0.717) is 54.0 Å². The normalized spacial score (nSPS) is 14.4. The van der Waals surface area contributed by atoms with Crippen molar-refractivity contribution < 1.29 is 13.9 Å². The summed E-state index contributed by atoms with van der Waals surface area (Å²) < 4.78 is 21.1. The van der Waals surface area contributed by atoms with Crippen LogP contribution < -0.4 is 0 Å². The molecule has 7 heteroatoms. The van der Waals surface area contributed by atoms with Gasteiger partial charge in [-0.3, -0.25) is 4.79 Å². The summed E-state index contributed by atoms with van der Waals surface area (Å²) in [6.07, 6.45) is 0. The predicted molar refractivity (Wildman–Crippen MR) is 101 cm³/mol. The molecule has 0 atom stereocenters. The van der Waals surface area contributed by atoms with Crippen LogP contribution in [0.2, 0.25) is 5.02 Å². The van der Waals surface area contributed by atoms with E-state index in [-0.39, 0.29) is 5.91 Å². The highest BCUT2D eigenvalue weighted by Gasteiger charge is 2.25. The minimum Gasteiger partial charge on any atom is -0.378 e. The first kappa shape index (κ1) is 17.7. The second-order valence-corrected chi connectivity index (χ2v) is 6.63. The zero-order valence-corrected chi connectivity index (χ0v) is 15.2. The number of ether oxygens (including phenoxy) is 1. The highest BCUT2D eigenvalue weighted by molar-refractivity contribution is 6.30. The van der Waals surface area contributed by atoms with E-state index in [1.807, 2.05) is 0 Å². The first-order valence-electron chi connectivity index (χ1n) is 8.61. The molecular weight excluding hydrogens is 369 g/mol. The van der Waals surface area contributed by atoms with E-state index >= 15 is 0 Å². The second kappa shape index (κ2) is 7.50. The van der Waals surface area contributed by atoms with Gasteiger partial charge in [0.15, 0.2) is 0 Å². The minimum atomic E-state index is -0.390. The fraction of sp³-hybridized carbons (Fsp3) is 0.200. The Morgan fingerprint density at radius 3 is 2.59 bits per heavy atom. The number of rotatable bonds is 3. The van der Waals surface area contributed by atoms with E-state index in [2.05, 4.69) is 5.10 Å². The molecule has 3 aromatic rings. The highest BCUT2D eigenvalue weighted by Crippen LogP contribution is 2.26. The van der Waals surface area contributed by atoms with Crippen molar-refractivity contribution in [1.82, 2.24) is 14.7 Å². The minimum absolute atomic E-state index is 0.173. The van der Waals surface area contributed by atoms with Gasteiger partial charge in [-0.2, -0.15) is 5.10 Å². The van der Waals surface area contributed by atoms with Crippen LogP contribution in [-0.2, 0) is 4.74 Å².